The number of nitrogens with zero attached hydrogens (tertiary/aromatic N) is 2. The average Bonchev–Trinajstić information content (AvgIpc) is 2.99. The Morgan fingerprint density at radius 1 is 1.25 bits per heavy atom. The number of halogens is 4. The van der Waals surface area contributed by atoms with E-state index >= 15 is 0 Å². The number of likely N-dealkylation sites (tertiary alicyclic amines) is 2. The van der Waals surface area contributed by atoms with Crippen LogP contribution >= 0.6 is 11.6 Å². The first-order valence-corrected chi connectivity index (χ1v) is 8.55. The molecule has 3 rings (SSSR count). The normalized spacial score (nSPS) is 24.3. The van der Waals surface area contributed by atoms with E-state index in [-0.39, 0.29) is 43.6 Å². The Labute approximate surface area is 144 Å². The van der Waals surface area contributed by atoms with Crippen LogP contribution in [-0.2, 0) is 11.3 Å². The summed E-state index contributed by atoms with van der Waals surface area (Å²) < 4.78 is 40.3. The standard InChI is InChI=1S/C17H20ClF3N2O/c18-14-2-1-3-15(19)13(14)11-22-7-4-12(10-22)16(24)23-8-5-17(20,21)6-9-23/h1-3,12H,4-11H2. The van der Waals surface area contributed by atoms with Crippen LogP contribution < -0.4 is 0 Å². The van der Waals surface area contributed by atoms with Gasteiger partial charge in [-0.2, -0.15) is 0 Å². The molecule has 0 bridgehead atoms. The SMILES string of the molecule is O=C(C1CCN(Cc2c(F)cccc2Cl)C1)N1CCC(F)(F)CC1. The highest BCUT2D eigenvalue weighted by Crippen LogP contribution is 2.30. The van der Waals surface area contributed by atoms with E-state index in [1.165, 1.54) is 6.07 Å². The first-order chi connectivity index (χ1) is 11.4. The van der Waals surface area contributed by atoms with Crippen molar-refractivity contribution in [1.82, 2.24) is 9.80 Å². The van der Waals surface area contributed by atoms with E-state index in [9.17, 15) is 18.0 Å². The molecule has 2 aliphatic rings. The molecule has 2 heterocycles. The van der Waals surface area contributed by atoms with Crippen molar-refractivity contribution in [3.63, 3.8) is 0 Å². The van der Waals surface area contributed by atoms with Gasteiger partial charge in [-0.05, 0) is 25.1 Å². The summed E-state index contributed by atoms with van der Waals surface area (Å²) in [5.41, 5.74) is 0.435. The van der Waals surface area contributed by atoms with Gasteiger partial charge in [-0.25, -0.2) is 13.2 Å². The Bertz CT molecular complexity index is 596. The number of rotatable bonds is 3. The van der Waals surface area contributed by atoms with Gasteiger partial charge < -0.3 is 4.90 Å². The van der Waals surface area contributed by atoms with Crippen molar-refractivity contribution in [3.05, 3.63) is 34.6 Å². The summed E-state index contributed by atoms with van der Waals surface area (Å²) in [5, 5.41) is 0.378. The number of carbonyl (C=O) groups excluding carboxylic acids is 1. The summed E-state index contributed by atoms with van der Waals surface area (Å²) in [7, 11) is 0. The fourth-order valence-electron chi connectivity index (χ4n) is 3.40. The highest BCUT2D eigenvalue weighted by atomic mass is 35.5. The molecule has 1 aromatic carbocycles. The molecule has 24 heavy (non-hydrogen) atoms. The lowest BCUT2D eigenvalue weighted by Gasteiger charge is -2.33. The Morgan fingerprint density at radius 2 is 1.96 bits per heavy atom. The second-order valence-electron chi connectivity index (χ2n) is 6.60. The minimum Gasteiger partial charge on any atom is -0.342 e. The molecule has 1 amide bonds. The summed E-state index contributed by atoms with van der Waals surface area (Å²) >= 11 is 6.04. The summed E-state index contributed by atoms with van der Waals surface area (Å²) in [6, 6.07) is 4.57. The van der Waals surface area contributed by atoms with Gasteiger partial charge in [0.1, 0.15) is 5.82 Å². The third kappa shape index (κ3) is 3.86. The average molecular weight is 361 g/mol. The van der Waals surface area contributed by atoms with Crippen LogP contribution in [0.4, 0.5) is 13.2 Å². The molecule has 0 spiro atoms. The molecule has 0 saturated carbocycles. The van der Waals surface area contributed by atoms with Crippen molar-refractivity contribution in [1.29, 1.82) is 0 Å². The fraction of sp³-hybridized carbons (Fsp3) is 0.588. The zero-order valence-electron chi connectivity index (χ0n) is 13.3. The molecule has 2 aliphatic heterocycles. The molecule has 3 nitrogen and oxygen atoms in total. The lowest BCUT2D eigenvalue weighted by atomic mass is 10.0. The molecule has 1 aromatic rings. The summed E-state index contributed by atoms with van der Waals surface area (Å²) in [6.45, 7) is 1.76. The van der Waals surface area contributed by atoms with E-state index in [0.717, 1.165) is 0 Å². The third-order valence-electron chi connectivity index (χ3n) is 4.87. The number of hydrogen-bond acceptors (Lipinski definition) is 2. The van der Waals surface area contributed by atoms with Crippen LogP contribution in [-0.4, -0.2) is 47.8 Å². The van der Waals surface area contributed by atoms with E-state index in [0.29, 0.717) is 36.6 Å². The Balaban J connectivity index is 1.56. The van der Waals surface area contributed by atoms with Crippen molar-refractivity contribution in [3.8, 4) is 0 Å². The number of benzene rings is 1. The second kappa shape index (κ2) is 6.92. The lowest BCUT2D eigenvalue weighted by Crippen LogP contribution is -2.45. The number of carbonyl (C=O) groups is 1. The van der Waals surface area contributed by atoms with Crippen LogP contribution in [0.15, 0.2) is 18.2 Å². The van der Waals surface area contributed by atoms with Crippen LogP contribution in [0.3, 0.4) is 0 Å². The highest BCUT2D eigenvalue weighted by molar-refractivity contribution is 6.31. The van der Waals surface area contributed by atoms with Crippen molar-refractivity contribution >= 4 is 17.5 Å². The van der Waals surface area contributed by atoms with Gasteiger partial charge in [0.2, 0.25) is 5.91 Å². The van der Waals surface area contributed by atoms with Gasteiger partial charge in [0.05, 0.1) is 5.92 Å². The van der Waals surface area contributed by atoms with E-state index in [1.54, 1.807) is 17.0 Å². The largest absolute Gasteiger partial charge is 0.342 e. The number of amides is 1. The van der Waals surface area contributed by atoms with Crippen LogP contribution in [0.5, 0.6) is 0 Å². The van der Waals surface area contributed by atoms with Crippen molar-refractivity contribution in [2.45, 2.75) is 31.7 Å². The predicted molar refractivity (Wildman–Crippen MR) is 85.6 cm³/mol. The molecule has 0 aliphatic carbocycles. The summed E-state index contributed by atoms with van der Waals surface area (Å²) in [6.07, 6.45) is 0.137. The number of hydrogen-bond donors (Lipinski definition) is 0. The molecule has 132 valence electrons. The molecule has 1 atom stereocenters. The van der Waals surface area contributed by atoms with Gasteiger partial charge in [0.25, 0.3) is 5.92 Å². The zero-order chi connectivity index (χ0) is 17.3. The maximum Gasteiger partial charge on any atom is 0.251 e. The maximum atomic E-state index is 13.9. The summed E-state index contributed by atoms with van der Waals surface area (Å²) in [4.78, 5) is 16.0. The van der Waals surface area contributed by atoms with Crippen LogP contribution in [0.25, 0.3) is 0 Å². The fourth-order valence-corrected chi connectivity index (χ4v) is 3.62. The van der Waals surface area contributed by atoms with E-state index in [1.807, 2.05) is 4.90 Å². The maximum absolute atomic E-state index is 13.9. The number of alkyl halides is 2. The topological polar surface area (TPSA) is 23.6 Å². The van der Waals surface area contributed by atoms with Gasteiger partial charge in [-0.15, -0.1) is 0 Å². The highest BCUT2D eigenvalue weighted by Gasteiger charge is 2.38. The van der Waals surface area contributed by atoms with Crippen LogP contribution in [0.2, 0.25) is 5.02 Å². The van der Waals surface area contributed by atoms with Crippen molar-refractivity contribution in [2.24, 2.45) is 5.92 Å². The minimum absolute atomic E-state index is 0.0624. The Hall–Kier alpha value is -1.27. The molecular formula is C17H20ClF3N2O. The second-order valence-corrected chi connectivity index (χ2v) is 7.01. The van der Waals surface area contributed by atoms with E-state index < -0.39 is 5.92 Å². The minimum atomic E-state index is -2.65. The molecule has 7 heteroatoms. The molecule has 0 aromatic heterocycles. The Kier molecular flexibility index (Phi) is 5.06. The molecule has 2 saturated heterocycles. The van der Waals surface area contributed by atoms with Gasteiger partial charge >= 0.3 is 0 Å². The molecule has 0 N–H and O–H groups in total. The Morgan fingerprint density at radius 3 is 2.62 bits per heavy atom. The zero-order valence-corrected chi connectivity index (χ0v) is 14.0. The van der Waals surface area contributed by atoms with Gasteiger partial charge in [-0.1, -0.05) is 17.7 Å². The monoisotopic (exact) mass is 360 g/mol. The quantitative estimate of drug-likeness (QED) is 0.823. The van der Waals surface area contributed by atoms with Crippen molar-refractivity contribution in [2.75, 3.05) is 26.2 Å². The first-order valence-electron chi connectivity index (χ1n) is 8.17. The van der Waals surface area contributed by atoms with Gasteiger partial charge in [0.15, 0.2) is 0 Å². The van der Waals surface area contributed by atoms with Gasteiger partial charge in [-0.3, -0.25) is 9.69 Å². The van der Waals surface area contributed by atoms with E-state index in [4.69, 9.17) is 11.6 Å². The molecule has 1 unspecified atom stereocenters. The summed E-state index contributed by atoms with van der Waals surface area (Å²) in [5.74, 6) is -3.27. The molecule has 2 fully saturated rings. The molecular weight excluding hydrogens is 341 g/mol. The smallest absolute Gasteiger partial charge is 0.251 e. The van der Waals surface area contributed by atoms with Gasteiger partial charge in [0, 0.05) is 49.6 Å². The number of piperidine rings is 1. The third-order valence-corrected chi connectivity index (χ3v) is 5.23. The lowest BCUT2D eigenvalue weighted by molar-refractivity contribution is -0.141. The van der Waals surface area contributed by atoms with Crippen LogP contribution in [0.1, 0.15) is 24.8 Å². The van der Waals surface area contributed by atoms with E-state index in [2.05, 4.69) is 0 Å². The predicted octanol–water partition coefficient (Wildman–Crippen LogP) is 3.56. The van der Waals surface area contributed by atoms with Crippen molar-refractivity contribution < 1.29 is 18.0 Å². The molecule has 0 radical (unpaired) electrons. The first kappa shape index (κ1) is 17.5. The van der Waals surface area contributed by atoms with Crippen LogP contribution in [0, 0.1) is 11.7 Å².